The number of hydrogen-bond donors (Lipinski definition) is 1. The molecule has 1 unspecified atom stereocenters. The standard InChI is InChI=1S/C22H32ClN3O4/c1-15(2)14-30-22(29)26-11-7-10-25(12-13-26)21(28)19(16(3)4)24-20(27)17-8-5-6-9-18(17)23/h5-6,8-9,15-16,19H,7,10-14H2,1-4H3,(H,24,27). The van der Waals surface area contributed by atoms with Crippen molar-refractivity contribution in [3.63, 3.8) is 0 Å². The minimum atomic E-state index is -0.673. The Morgan fingerprint density at radius 3 is 2.30 bits per heavy atom. The Balaban J connectivity index is 2.01. The van der Waals surface area contributed by atoms with Gasteiger partial charge in [0.25, 0.3) is 5.91 Å². The summed E-state index contributed by atoms with van der Waals surface area (Å²) in [6.45, 7) is 10.0. The first-order valence-electron chi connectivity index (χ1n) is 10.5. The molecule has 7 nitrogen and oxygen atoms in total. The molecule has 0 saturated carbocycles. The molecule has 0 aliphatic carbocycles. The summed E-state index contributed by atoms with van der Waals surface area (Å²) in [5, 5.41) is 3.18. The number of amides is 3. The summed E-state index contributed by atoms with van der Waals surface area (Å²) in [5.41, 5.74) is 0.340. The number of ether oxygens (including phenoxy) is 1. The lowest BCUT2D eigenvalue weighted by Crippen LogP contribution is -2.52. The van der Waals surface area contributed by atoms with Gasteiger partial charge in [-0.05, 0) is 30.4 Å². The highest BCUT2D eigenvalue weighted by atomic mass is 35.5. The Morgan fingerprint density at radius 2 is 1.67 bits per heavy atom. The Hall–Kier alpha value is -2.28. The van der Waals surface area contributed by atoms with E-state index in [-0.39, 0.29) is 29.7 Å². The van der Waals surface area contributed by atoms with Gasteiger partial charge in [-0.15, -0.1) is 0 Å². The Morgan fingerprint density at radius 1 is 1.03 bits per heavy atom. The van der Waals surface area contributed by atoms with E-state index in [4.69, 9.17) is 16.3 Å². The van der Waals surface area contributed by atoms with Crippen LogP contribution in [0.5, 0.6) is 0 Å². The SMILES string of the molecule is CC(C)COC(=O)N1CCCN(C(=O)C(NC(=O)c2ccccc2Cl)C(C)C)CC1. The maximum absolute atomic E-state index is 13.2. The molecule has 0 spiro atoms. The zero-order valence-corrected chi connectivity index (χ0v) is 18.9. The minimum Gasteiger partial charge on any atom is -0.449 e. The van der Waals surface area contributed by atoms with Gasteiger partial charge in [0.15, 0.2) is 0 Å². The van der Waals surface area contributed by atoms with Crippen molar-refractivity contribution >= 4 is 29.5 Å². The smallest absolute Gasteiger partial charge is 0.409 e. The van der Waals surface area contributed by atoms with E-state index in [0.29, 0.717) is 49.8 Å². The molecule has 3 amide bonds. The number of carbonyl (C=O) groups excluding carboxylic acids is 3. The van der Waals surface area contributed by atoms with Crippen LogP contribution in [-0.2, 0) is 9.53 Å². The molecule has 1 atom stereocenters. The average molecular weight is 438 g/mol. The first kappa shape index (κ1) is 24.0. The molecule has 1 saturated heterocycles. The molecule has 0 radical (unpaired) electrons. The molecule has 2 rings (SSSR count). The molecule has 30 heavy (non-hydrogen) atoms. The summed E-state index contributed by atoms with van der Waals surface area (Å²) >= 11 is 6.12. The van der Waals surface area contributed by atoms with Crippen LogP contribution in [0.4, 0.5) is 4.79 Å². The minimum absolute atomic E-state index is 0.0979. The number of hydrogen-bond acceptors (Lipinski definition) is 4. The quantitative estimate of drug-likeness (QED) is 0.739. The van der Waals surface area contributed by atoms with Gasteiger partial charge in [-0.1, -0.05) is 51.4 Å². The van der Waals surface area contributed by atoms with E-state index in [2.05, 4.69) is 5.32 Å². The van der Waals surface area contributed by atoms with Crippen LogP contribution >= 0.6 is 11.6 Å². The maximum atomic E-state index is 13.2. The topological polar surface area (TPSA) is 79.0 Å². The van der Waals surface area contributed by atoms with E-state index in [0.717, 1.165) is 0 Å². The summed E-state index contributed by atoms with van der Waals surface area (Å²) < 4.78 is 5.31. The highest BCUT2D eigenvalue weighted by molar-refractivity contribution is 6.33. The van der Waals surface area contributed by atoms with Crippen molar-refractivity contribution in [1.82, 2.24) is 15.1 Å². The van der Waals surface area contributed by atoms with Gasteiger partial charge < -0.3 is 19.9 Å². The van der Waals surface area contributed by atoms with Gasteiger partial charge in [-0.2, -0.15) is 0 Å². The Kier molecular flexibility index (Phi) is 8.96. The molecule has 1 aliphatic heterocycles. The molecule has 0 aromatic heterocycles. The summed E-state index contributed by atoms with van der Waals surface area (Å²) in [4.78, 5) is 41.4. The summed E-state index contributed by atoms with van der Waals surface area (Å²) in [5.74, 6) is -0.351. The molecular weight excluding hydrogens is 406 g/mol. The predicted molar refractivity (Wildman–Crippen MR) is 117 cm³/mol. The second kappa shape index (κ2) is 11.2. The molecule has 166 valence electrons. The van der Waals surface area contributed by atoms with Crippen LogP contribution in [0.1, 0.15) is 44.5 Å². The second-order valence-electron chi connectivity index (χ2n) is 8.31. The van der Waals surface area contributed by atoms with E-state index >= 15 is 0 Å². The van der Waals surface area contributed by atoms with Crippen LogP contribution in [0, 0.1) is 11.8 Å². The molecule has 1 aromatic rings. The lowest BCUT2D eigenvalue weighted by Gasteiger charge is -2.29. The van der Waals surface area contributed by atoms with Crippen molar-refractivity contribution in [2.45, 2.75) is 40.2 Å². The van der Waals surface area contributed by atoms with E-state index in [1.165, 1.54) is 0 Å². The van der Waals surface area contributed by atoms with Crippen molar-refractivity contribution in [3.05, 3.63) is 34.9 Å². The zero-order chi connectivity index (χ0) is 22.3. The van der Waals surface area contributed by atoms with Crippen molar-refractivity contribution < 1.29 is 19.1 Å². The van der Waals surface area contributed by atoms with Crippen molar-refractivity contribution in [3.8, 4) is 0 Å². The van der Waals surface area contributed by atoms with Crippen LogP contribution in [0.25, 0.3) is 0 Å². The van der Waals surface area contributed by atoms with E-state index in [1.807, 2.05) is 27.7 Å². The number of benzene rings is 1. The summed E-state index contributed by atoms with van der Waals surface area (Å²) in [6, 6.07) is 6.08. The predicted octanol–water partition coefficient (Wildman–Crippen LogP) is 3.42. The Bertz CT molecular complexity index is 754. The molecule has 1 aromatic carbocycles. The highest BCUT2D eigenvalue weighted by Crippen LogP contribution is 2.17. The van der Waals surface area contributed by atoms with Crippen LogP contribution in [-0.4, -0.2) is 66.5 Å². The van der Waals surface area contributed by atoms with Gasteiger partial charge in [0.05, 0.1) is 17.2 Å². The fraction of sp³-hybridized carbons (Fsp3) is 0.591. The highest BCUT2D eigenvalue weighted by Gasteiger charge is 2.31. The number of rotatable bonds is 6. The monoisotopic (exact) mass is 437 g/mol. The third kappa shape index (κ3) is 6.62. The number of nitrogens with zero attached hydrogens (tertiary/aromatic N) is 2. The van der Waals surface area contributed by atoms with Crippen molar-refractivity contribution in [1.29, 1.82) is 0 Å². The van der Waals surface area contributed by atoms with Gasteiger partial charge in [-0.3, -0.25) is 9.59 Å². The van der Waals surface area contributed by atoms with Crippen molar-refractivity contribution in [2.24, 2.45) is 11.8 Å². The number of halogens is 1. The van der Waals surface area contributed by atoms with Crippen molar-refractivity contribution in [2.75, 3.05) is 32.8 Å². The molecule has 8 heteroatoms. The van der Waals surface area contributed by atoms with Crippen LogP contribution in [0.2, 0.25) is 5.02 Å². The Labute approximate surface area is 183 Å². The lowest BCUT2D eigenvalue weighted by molar-refractivity contribution is -0.134. The number of carbonyl (C=O) groups is 3. The normalized spacial score (nSPS) is 15.7. The molecule has 0 bridgehead atoms. The third-order valence-electron chi connectivity index (χ3n) is 4.94. The third-order valence-corrected chi connectivity index (χ3v) is 5.27. The molecule has 1 N–H and O–H groups in total. The van der Waals surface area contributed by atoms with Gasteiger partial charge in [-0.25, -0.2) is 4.79 Å². The van der Waals surface area contributed by atoms with E-state index in [9.17, 15) is 14.4 Å². The summed E-state index contributed by atoms with van der Waals surface area (Å²) in [7, 11) is 0. The molecular formula is C22H32ClN3O4. The lowest BCUT2D eigenvalue weighted by atomic mass is 10.0. The zero-order valence-electron chi connectivity index (χ0n) is 18.2. The molecule has 1 fully saturated rings. The summed E-state index contributed by atoms with van der Waals surface area (Å²) in [6.07, 6.45) is 0.316. The second-order valence-corrected chi connectivity index (χ2v) is 8.72. The number of nitrogens with one attached hydrogen (secondary N) is 1. The van der Waals surface area contributed by atoms with Crippen LogP contribution < -0.4 is 5.32 Å². The van der Waals surface area contributed by atoms with Gasteiger partial charge in [0.1, 0.15) is 6.04 Å². The van der Waals surface area contributed by atoms with Gasteiger partial charge in [0.2, 0.25) is 5.91 Å². The van der Waals surface area contributed by atoms with Crippen LogP contribution in [0.3, 0.4) is 0 Å². The van der Waals surface area contributed by atoms with E-state index in [1.54, 1.807) is 34.1 Å². The largest absolute Gasteiger partial charge is 0.449 e. The maximum Gasteiger partial charge on any atom is 0.409 e. The fourth-order valence-corrected chi connectivity index (χ4v) is 3.45. The molecule has 1 heterocycles. The van der Waals surface area contributed by atoms with Gasteiger partial charge >= 0.3 is 6.09 Å². The molecule has 1 aliphatic rings. The first-order chi connectivity index (χ1) is 14.2. The van der Waals surface area contributed by atoms with Gasteiger partial charge in [0, 0.05) is 26.2 Å². The first-order valence-corrected chi connectivity index (χ1v) is 10.8. The fourth-order valence-electron chi connectivity index (χ4n) is 3.22. The van der Waals surface area contributed by atoms with Crippen LogP contribution in [0.15, 0.2) is 24.3 Å². The average Bonchev–Trinajstić information content (AvgIpc) is 2.96. The van der Waals surface area contributed by atoms with E-state index < -0.39 is 6.04 Å².